The molecule has 170 valence electrons. The monoisotopic (exact) mass is 461 g/mol. The zero-order valence-electron chi connectivity index (χ0n) is 19.5. The number of aryl methyl sites for hydroxylation is 2. The SMILES string of the molecule is Cc1ccc(S(=O)(=O)OC[C@@H]2CCc3cccnc3[C@H](O[Si](C)(C)C(C)(C)C)C2)cc1. The molecule has 0 spiro atoms. The molecule has 0 saturated heterocycles. The third-order valence-corrected chi connectivity index (χ3v) is 12.4. The van der Waals surface area contributed by atoms with Crippen molar-refractivity contribution in [2.24, 2.45) is 5.92 Å². The quantitative estimate of drug-likeness (QED) is 0.308. The number of hydrogen-bond acceptors (Lipinski definition) is 5. The summed E-state index contributed by atoms with van der Waals surface area (Å²) in [7, 11) is -5.81. The first-order chi connectivity index (χ1) is 14.4. The van der Waals surface area contributed by atoms with Gasteiger partial charge < -0.3 is 4.43 Å². The average Bonchev–Trinajstić information content (AvgIpc) is 2.85. The van der Waals surface area contributed by atoms with Crippen molar-refractivity contribution in [1.29, 1.82) is 0 Å². The van der Waals surface area contributed by atoms with Gasteiger partial charge in [0.15, 0.2) is 8.32 Å². The van der Waals surface area contributed by atoms with Gasteiger partial charge in [0.25, 0.3) is 10.1 Å². The molecule has 0 bridgehead atoms. The van der Waals surface area contributed by atoms with Crippen LogP contribution in [0.2, 0.25) is 18.1 Å². The maximum atomic E-state index is 12.7. The van der Waals surface area contributed by atoms with Crippen LogP contribution in [-0.4, -0.2) is 28.3 Å². The highest BCUT2D eigenvalue weighted by Crippen LogP contribution is 2.43. The number of aromatic nitrogens is 1. The van der Waals surface area contributed by atoms with E-state index in [0.717, 1.165) is 24.1 Å². The fourth-order valence-corrected chi connectivity index (χ4v) is 5.84. The first-order valence-electron chi connectivity index (χ1n) is 11.0. The van der Waals surface area contributed by atoms with E-state index in [1.54, 1.807) is 24.3 Å². The second-order valence-corrected chi connectivity index (χ2v) is 16.5. The molecule has 2 aromatic rings. The largest absolute Gasteiger partial charge is 0.408 e. The van der Waals surface area contributed by atoms with Crippen molar-refractivity contribution in [3.63, 3.8) is 0 Å². The molecule has 3 rings (SSSR count). The molecule has 1 aliphatic carbocycles. The standard InChI is InChI=1S/C24H35NO4SSi/c1-18-9-13-21(14-10-18)30(26,27)28-17-19-11-12-20-8-7-15-25-23(20)22(16-19)29-31(5,6)24(2,3)4/h7-10,13-15,19,22H,11-12,16-17H2,1-6H3/t19-,22-/m1/s1. The topological polar surface area (TPSA) is 65.5 Å². The molecule has 0 N–H and O–H groups in total. The van der Waals surface area contributed by atoms with Gasteiger partial charge in [-0.15, -0.1) is 0 Å². The molecule has 1 aromatic carbocycles. The number of fused-ring (bicyclic) bond motifs is 1. The van der Waals surface area contributed by atoms with Crippen LogP contribution in [0.15, 0.2) is 47.5 Å². The van der Waals surface area contributed by atoms with Crippen molar-refractivity contribution in [3.05, 3.63) is 59.4 Å². The summed E-state index contributed by atoms with van der Waals surface area (Å²) < 4.78 is 37.6. The van der Waals surface area contributed by atoms with Crippen LogP contribution in [-0.2, 0) is 25.1 Å². The molecule has 1 heterocycles. The van der Waals surface area contributed by atoms with Gasteiger partial charge in [0.05, 0.1) is 23.3 Å². The Morgan fingerprint density at radius 3 is 2.45 bits per heavy atom. The smallest absolute Gasteiger partial charge is 0.296 e. The fourth-order valence-electron chi connectivity index (χ4n) is 3.59. The van der Waals surface area contributed by atoms with E-state index >= 15 is 0 Å². The Morgan fingerprint density at radius 2 is 1.81 bits per heavy atom. The molecule has 0 unspecified atom stereocenters. The fraction of sp³-hybridized carbons (Fsp3) is 0.542. The normalized spacial score (nSPS) is 20.2. The molecule has 7 heteroatoms. The lowest BCUT2D eigenvalue weighted by Crippen LogP contribution is -2.42. The second kappa shape index (κ2) is 9.14. The molecule has 2 atom stereocenters. The Labute approximate surface area is 188 Å². The number of nitrogens with zero attached hydrogens (tertiary/aromatic N) is 1. The molecule has 0 aliphatic heterocycles. The van der Waals surface area contributed by atoms with Gasteiger partial charge in [-0.2, -0.15) is 8.42 Å². The number of pyridine rings is 1. The molecule has 0 amide bonds. The van der Waals surface area contributed by atoms with Crippen LogP contribution in [0.25, 0.3) is 0 Å². The van der Waals surface area contributed by atoms with E-state index in [2.05, 4.69) is 44.9 Å². The highest BCUT2D eigenvalue weighted by atomic mass is 32.2. The van der Waals surface area contributed by atoms with Crippen LogP contribution >= 0.6 is 0 Å². The summed E-state index contributed by atoms with van der Waals surface area (Å²) in [4.78, 5) is 4.86. The predicted molar refractivity (Wildman–Crippen MR) is 126 cm³/mol. The molecule has 0 fully saturated rings. The summed E-state index contributed by atoms with van der Waals surface area (Å²) in [5, 5.41) is 0.0784. The van der Waals surface area contributed by atoms with E-state index in [9.17, 15) is 8.42 Å². The van der Waals surface area contributed by atoms with Gasteiger partial charge in [-0.25, -0.2) is 0 Å². The Kier molecular flexibility index (Phi) is 7.10. The van der Waals surface area contributed by atoms with Crippen molar-refractivity contribution in [1.82, 2.24) is 4.98 Å². The molecular formula is C24H35NO4SSi. The summed E-state index contributed by atoms with van der Waals surface area (Å²) >= 11 is 0. The Bertz CT molecular complexity index is 997. The lowest BCUT2D eigenvalue weighted by Gasteiger charge is -2.39. The Morgan fingerprint density at radius 1 is 1.13 bits per heavy atom. The van der Waals surface area contributed by atoms with Crippen LogP contribution in [0, 0.1) is 12.8 Å². The number of rotatable bonds is 6. The van der Waals surface area contributed by atoms with E-state index in [-0.39, 0.29) is 28.6 Å². The van der Waals surface area contributed by atoms with E-state index in [1.807, 2.05) is 19.2 Å². The lowest BCUT2D eigenvalue weighted by atomic mass is 10.00. The van der Waals surface area contributed by atoms with Gasteiger partial charge in [-0.3, -0.25) is 9.17 Å². The minimum Gasteiger partial charge on any atom is -0.408 e. The predicted octanol–water partition coefficient (Wildman–Crippen LogP) is 5.81. The number of hydrogen-bond donors (Lipinski definition) is 0. The third kappa shape index (κ3) is 5.83. The molecule has 1 aromatic heterocycles. The molecule has 1 aliphatic rings. The molecule has 0 radical (unpaired) electrons. The van der Waals surface area contributed by atoms with Crippen LogP contribution < -0.4 is 0 Å². The minimum atomic E-state index is -3.78. The molecule has 0 saturated carbocycles. The van der Waals surface area contributed by atoms with E-state index in [1.165, 1.54) is 5.56 Å². The minimum absolute atomic E-state index is 0.0733. The lowest BCUT2D eigenvalue weighted by molar-refractivity contribution is 0.129. The summed E-state index contributed by atoms with van der Waals surface area (Å²) in [6.07, 6.45) is 4.08. The van der Waals surface area contributed by atoms with Crippen molar-refractivity contribution in [2.45, 2.75) is 76.1 Å². The van der Waals surface area contributed by atoms with Crippen molar-refractivity contribution in [3.8, 4) is 0 Å². The van der Waals surface area contributed by atoms with E-state index < -0.39 is 18.4 Å². The van der Waals surface area contributed by atoms with Crippen LogP contribution in [0.1, 0.15) is 56.5 Å². The van der Waals surface area contributed by atoms with Gasteiger partial charge in [-0.05, 0) is 74.0 Å². The van der Waals surface area contributed by atoms with Gasteiger partial charge in [0.1, 0.15) is 0 Å². The average molecular weight is 462 g/mol. The summed E-state index contributed by atoms with van der Waals surface area (Å²) in [6.45, 7) is 13.2. The van der Waals surface area contributed by atoms with Crippen molar-refractivity contribution >= 4 is 18.4 Å². The van der Waals surface area contributed by atoms with Crippen molar-refractivity contribution < 1.29 is 17.0 Å². The highest BCUT2D eigenvalue weighted by Gasteiger charge is 2.41. The maximum Gasteiger partial charge on any atom is 0.296 e. The Balaban J connectivity index is 1.78. The van der Waals surface area contributed by atoms with Crippen LogP contribution in [0.3, 0.4) is 0 Å². The Hall–Kier alpha value is -1.54. The molecule has 31 heavy (non-hydrogen) atoms. The summed E-state index contributed by atoms with van der Waals surface area (Å²) in [6, 6.07) is 10.8. The summed E-state index contributed by atoms with van der Waals surface area (Å²) in [5.41, 5.74) is 3.20. The number of benzene rings is 1. The van der Waals surface area contributed by atoms with Crippen LogP contribution in [0.4, 0.5) is 0 Å². The zero-order valence-corrected chi connectivity index (χ0v) is 21.3. The zero-order chi connectivity index (χ0) is 22.9. The van der Waals surface area contributed by atoms with Gasteiger partial charge in [0.2, 0.25) is 0 Å². The summed E-state index contributed by atoms with van der Waals surface area (Å²) in [5.74, 6) is 0.0733. The maximum absolute atomic E-state index is 12.7. The second-order valence-electron chi connectivity index (χ2n) is 10.1. The van der Waals surface area contributed by atoms with Crippen LogP contribution in [0.5, 0.6) is 0 Å². The first kappa shape index (κ1) is 24.1. The van der Waals surface area contributed by atoms with Crippen molar-refractivity contribution in [2.75, 3.05) is 6.61 Å². The van der Waals surface area contributed by atoms with Gasteiger partial charge in [0, 0.05) is 6.20 Å². The molecule has 5 nitrogen and oxygen atoms in total. The third-order valence-electron chi connectivity index (χ3n) is 6.61. The van der Waals surface area contributed by atoms with Gasteiger partial charge in [-0.1, -0.05) is 44.5 Å². The molecular weight excluding hydrogens is 426 g/mol. The highest BCUT2D eigenvalue weighted by molar-refractivity contribution is 7.86. The van der Waals surface area contributed by atoms with E-state index in [4.69, 9.17) is 8.61 Å². The van der Waals surface area contributed by atoms with Gasteiger partial charge >= 0.3 is 0 Å². The first-order valence-corrected chi connectivity index (χ1v) is 15.3. The van der Waals surface area contributed by atoms with E-state index in [0.29, 0.717) is 6.42 Å².